The van der Waals surface area contributed by atoms with Gasteiger partial charge in [0.2, 0.25) is 0 Å². The van der Waals surface area contributed by atoms with E-state index in [9.17, 15) is 23.7 Å². The summed E-state index contributed by atoms with van der Waals surface area (Å²) in [5, 5.41) is 4.85. The molecule has 0 spiro atoms. The fourth-order valence-electron chi connectivity index (χ4n) is 6.67. The molecule has 0 aliphatic carbocycles. The number of anilines is 1. The molecule has 2 fully saturated rings. The predicted molar refractivity (Wildman–Crippen MR) is 261 cm³/mol. The summed E-state index contributed by atoms with van der Waals surface area (Å²) in [6.45, 7) is 24.5. The maximum Gasteiger partial charge on any atom is 0.410 e. The van der Waals surface area contributed by atoms with E-state index >= 15 is 0 Å². The smallest absolute Gasteiger partial charge is 0.410 e. The second-order valence-electron chi connectivity index (χ2n) is 18.3. The first-order valence-corrected chi connectivity index (χ1v) is 25.1. The highest BCUT2D eigenvalue weighted by atomic mass is 32.1. The van der Waals surface area contributed by atoms with Gasteiger partial charge in [0.1, 0.15) is 46.4 Å². The number of nitrogens with zero attached hydrogens (tertiary/aromatic N) is 3. The minimum Gasteiger partial charge on any atom is -0.491 e. The monoisotopic (exact) mass is 992 g/mol. The molecule has 3 amide bonds. The molecule has 18 nitrogen and oxygen atoms in total. The lowest BCUT2D eigenvalue weighted by Gasteiger charge is -2.24. The molecule has 5 rings (SSSR count). The number of rotatable bonds is 17. The molecular weight excluding hydrogens is 920 g/mol. The Morgan fingerprint density at radius 1 is 0.735 bits per heavy atom. The highest BCUT2D eigenvalue weighted by Gasteiger charge is 2.33. The van der Waals surface area contributed by atoms with Gasteiger partial charge in [-0.05, 0) is 107 Å². The largest absolute Gasteiger partial charge is 0.491 e. The van der Waals surface area contributed by atoms with Crippen LogP contribution in [0.25, 0.3) is 0 Å². The third-order valence-corrected chi connectivity index (χ3v) is 12.0. The molecule has 68 heavy (non-hydrogen) atoms. The molecule has 0 unspecified atom stereocenters. The van der Waals surface area contributed by atoms with Crippen LogP contribution in [-0.2, 0) is 34.0 Å². The second-order valence-corrected chi connectivity index (χ2v) is 21.2. The molecular formula is C48H73N4O14PS. The summed E-state index contributed by atoms with van der Waals surface area (Å²) in [4.78, 5) is 57.4. The van der Waals surface area contributed by atoms with Crippen LogP contribution in [0.4, 0.5) is 14.7 Å². The fraction of sp³-hybridized carbons (Fsp3) is 0.604. The van der Waals surface area contributed by atoms with Crippen LogP contribution < -0.4 is 24.3 Å². The number of carbonyl (C=O) groups excluding carboxylic acids is 4. The average Bonchev–Trinajstić information content (AvgIpc) is 3.98. The molecule has 1 N–H and O–H groups in total. The van der Waals surface area contributed by atoms with Crippen LogP contribution in [0.1, 0.15) is 130 Å². The second kappa shape index (κ2) is 25.5. The number of methoxy groups -OCH3 is 1. The van der Waals surface area contributed by atoms with Crippen LogP contribution in [0.3, 0.4) is 0 Å². The topological polar surface area (TPSA) is 200 Å². The molecule has 2 atom stereocenters. The Morgan fingerprint density at radius 3 is 1.60 bits per heavy atom. The number of benzene rings is 2. The number of nitrogens with one attached hydrogen (secondary N) is 1. The van der Waals surface area contributed by atoms with Crippen LogP contribution in [-0.4, -0.2) is 121 Å². The lowest BCUT2D eigenvalue weighted by atomic mass is 10.2. The molecule has 380 valence electrons. The third kappa shape index (κ3) is 19.1. The first-order chi connectivity index (χ1) is 31.4. The molecule has 2 aliphatic rings. The van der Waals surface area contributed by atoms with Gasteiger partial charge in [0.25, 0.3) is 5.91 Å². The molecule has 2 aliphatic heterocycles. The van der Waals surface area contributed by atoms with Crippen molar-refractivity contribution in [2.45, 2.75) is 145 Å². The summed E-state index contributed by atoms with van der Waals surface area (Å²) in [6, 6.07) is 9.98. The van der Waals surface area contributed by atoms with Gasteiger partial charge in [-0.2, -0.15) is 0 Å². The van der Waals surface area contributed by atoms with Crippen molar-refractivity contribution < 1.29 is 65.9 Å². The van der Waals surface area contributed by atoms with Crippen LogP contribution in [0, 0.1) is 0 Å². The number of hydrogen-bond acceptors (Lipinski definition) is 16. The van der Waals surface area contributed by atoms with Gasteiger partial charge in [-0.15, -0.1) is 11.3 Å². The minimum absolute atomic E-state index is 0. The Balaban J connectivity index is 0.000000382. The molecule has 2 saturated heterocycles. The number of carbonyl (C=O) groups is 4. The van der Waals surface area contributed by atoms with E-state index in [4.69, 9.17) is 42.2 Å². The SMILES string of the molecule is C.CCOP(=O)(Cc1csc(NC(=O)c2cc(OC(C)C)cc(O[C@H]3CCN(C(=O)OC(C)(C)C)C3)c2)n1)OCC.COC(=O)c1cc(OC(C)C)cc(O[C@H]2CCN(C(=O)OC(C)(C)C)C2)c1. The number of amides is 3. The first-order valence-electron chi connectivity index (χ1n) is 22.5. The van der Waals surface area contributed by atoms with Crippen molar-refractivity contribution in [3.05, 3.63) is 58.6 Å². The van der Waals surface area contributed by atoms with Crippen LogP contribution in [0.15, 0.2) is 41.8 Å². The Labute approximate surface area is 406 Å². The van der Waals surface area contributed by atoms with Crippen LogP contribution in [0.5, 0.6) is 23.0 Å². The van der Waals surface area contributed by atoms with Crippen molar-refractivity contribution in [1.82, 2.24) is 14.8 Å². The van der Waals surface area contributed by atoms with Gasteiger partial charge in [-0.3, -0.25) is 14.7 Å². The molecule has 1 aromatic heterocycles. The Bertz CT molecular complexity index is 2180. The van der Waals surface area contributed by atoms with Crippen molar-refractivity contribution in [2.24, 2.45) is 0 Å². The van der Waals surface area contributed by atoms with Crippen LogP contribution >= 0.6 is 18.9 Å². The molecule has 3 heterocycles. The first kappa shape index (κ1) is 57.2. The van der Waals surface area contributed by atoms with E-state index in [0.29, 0.717) is 84.0 Å². The molecule has 0 radical (unpaired) electrons. The van der Waals surface area contributed by atoms with Gasteiger partial charge in [-0.25, -0.2) is 19.4 Å². The van der Waals surface area contributed by atoms with Gasteiger partial charge in [-0.1, -0.05) is 7.43 Å². The fourth-order valence-corrected chi connectivity index (χ4v) is 9.10. The summed E-state index contributed by atoms with van der Waals surface area (Å²) < 4.78 is 62.9. The molecule has 2 aromatic carbocycles. The van der Waals surface area contributed by atoms with E-state index < -0.39 is 30.7 Å². The van der Waals surface area contributed by atoms with Gasteiger partial charge in [0.15, 0.2) is 5.13 Å². The molecule has 3 aromatic rings. The lowest BCUT2D eigenvalue weighted by Crippen LogP contribution is -2.36. The quantitative estimate of drug-likeness (QED) is 0.0760. The van der Waals surface area contributed by atoms with E-state index in [1.54, 1.807) is 65.4 Å². The Hall–Kier alpha value is -5.10. The maximum atomic E-state index is 13.2. The zero-order valence-corrected chi connectivity index (χ0v) is 42.8. The number of aromatic nitrogens is 1. The van der Waals surface area contributed by atoms with Crippen molar-refractivity contribution in [3.63, 3.8) is 0 Å². The van der Waals surface area contributed by atoms with E-state index in [1.807, 2.05) is 69.2 Å². The number of likely N-dealkylation sites (tertiary alicyclic amines) is 2. The number of hydrogen-bond donors (Lipinski definition) is 1. The Morgan fingerprint density at radius 2 is 1.18 bits per heavy atom. The van der Waals surface area contributed by atoms with Crippen molar-refractivity contribution in [1.29, 1.82) is 0 Å². The third-order valence-electron chi connectivity index (χ3n) is 9.17. The van der Waals surface area contributed by atoms with Gasteiger partial charge >= 0.3 is 25.8 Å². The standard InChI is InChI=1S/C27H40N3O8PS.C20H29NO6.CH4/c1-8-34-39(33,35-9-2)16-20-17-40-25(28-20)29-24(31)19-12-22(36-18(3)4)14-23(13-19)37-21-10-11-30(15-21)26(32)38-27(5,6)7;1-13(2)25-16-9-14(18(22)24-6)10-17(11-16)26-15-7-8-21(12-15)19(23)27-20(3,4)5;/h12-14,17-18,21H,8-11,15-16H2,1-7H3,(H,28,29,31);9-11,13,15H,7-8,12H2,1-6H3;1H4/t21-;15-;/m00./s1. The zero-order valence-electron chi connectivity index (χ0n) is 41.1. The molecule has 20 heteroatoms. The number of thiazole rings is 1. The van der Waals surface area contributed by atoms with Gasteiger partial charge in [0.05, 0.1) is 63.0 Å². The van der Waals surface area contributed by atoms with Gasteiger partial charge in [0, 0.05) is 49.0 Å². The summed E-state index contributed by atoms with van der Waals surface area (Å²) in [7, 11) is -1.99. The predicted octanol–water partition coefficient (Wildman–Crippen LogP) is 10.6. The number of ether oxygens (including phenoxy) is 7. The highest BCUT2D eigenvalue weighted by molar-refractivity contribution is 7.53. The number of esters is 1. The summed E-state index contributed by atoms with van der Waals surface area (Å²) in [5.74, 6) is 1.10. The van der Waals surface area contributed by atoms with Crippen molar-refractivity contribution >= 4 is 48.1 Å². The lowest BCUT2D eigenvalue weighted by molar-refractivity contribution is 0.0266. The normalized spacial score (nSPS) is 16.0. The van der Waals surface area contributed by atoms with Gasteiger partial charge < -0.3 is 52.0 Å². The summed E-state index contributed by atoms with van der Waals surface area (Å²) >= 11 is 1.21. The minimum atomic E-state index is -3.32. The van der Waals surface area contributed by atoms with E-state index in [0.717, 1.165) is 0 Å². The van der Waals surface area contributed by atoms with Crippen LogP contribution in [0.2, 0.25) is 0 Å². The van der Waals surface area contributed by atoms with E-state index in [-0.39, 0.29) is 63.4 Å². The van der Waals surface area contributed by atoms with E-state index in [1.165, 1.54) is 18.4 Å². The maximum absolute atomic E-state index is 13.2. The molecule has 0 bridgehead atoms. The van der Waals surface area contributed by atoms with Crippen molar-refractivity contribution in [3.8, 4) is 23.0 Å². The zero-order chi connectivity index (χ0) is 49.7. The van der Waals surface area contributed by atoms with E-state index in [2.05, 4.69) is 10.3 Å². The summed E-state index contributed by atoms with van der Waals surface area (Å²) in [5.41, 5.74) is 0.0650. The average molecular weight is 993 g/mol. The Kier molecular flexibility index (Phi) is 21.4. The van der Waals surface area contributed by atoms with Crippen molar-refractivity contribution in [2.75, 3.05) is 51.8 Å². The highest BCUT2D eigenvalue weighted by Crippen LogP contribution is 2.51. The summed E-state index contributed by atoms with van der Waals surface area (Å²) in [6.07, 6.45) is 0.000197. The molecule has 0 saturated carbocycles.